The number of carbonyl (C=O) groups excluding carboxylic acids is 1. The minimum atomic E-state index is -0.885. The average Bonchev–Trinajstić information content (AvgIpc) is 3.23. The van der Waals surface area contributed by atoms with Crippen molar-refractivity contribution in [3.63, 3.8) is 0 Å². The van der Waals surface area contributed by atoms with Crippen LogP contribution in [0.5, 0.6) is 5.75 Å². The minimum absolute atomic E-state index is 0.138. The number of methoxy groups -OCH3 is 1. The molecule has 0 saturated heterocycles. The number of carbonyl (C=O) groups is 1. The molecule has 0 saturated carbocycles. The van der Waals surface area contributed by atoms with Gasteiger partial charge in [0.1, 0.15) is 11.6 Å². The summed E-state index contributed by atoms with van der Waals surface area (Å²) >= 11 is 7.38. The van der Waals surface area contributed by atoms with Gasteiger partial charge in [-0.2, -0.15) is 0 Å². The third-order valence-electron chi connectivity index (χ3n) is 6.04. The summed E-state index contributed by atoms with van der Waals surface area (Å²) in [4.78, 5) is 32.5. The van der Waals surface area contributed by atoms with Crippen LogP contribution in [0.1, 0.15) is 29.7 Å². The standard InChI is InChI=1S/C29H22ClFN2O4S/c1-3-37-28(35)24-25(17-7-5-4-6-8-17)32-29-33(26(24)18-9-12-21(31)13-10-18)27(34)23(38-29)16-19-15-20(30)11-14-22(19)36-2/h4-16,26H,3H2,1-2H3/b23-16-/t26-/m0/s1. The van der Waals surface area contributed by atoms with Crippen LogP contribution >= 0.6 is 22.9 Å². The summed E-state index contributed by atoms with van der Waals surface area (Å²) in [6.45, 7) is 1.85. The summed E-state index contributed by atoms with van der Waals surface area (Å²) in [6, 6.07) is 19.2. The summed E-state index contributed by atoms with van der Waals surface area (Å²) in [6.07, 6.45) is 1.69. The Balaban J connectivity index is 1.84. The third kappa shape index (κ3) is 4.80. The van der Waals surface area contributed by atoms with Gasteiger partial charge in [0.05, 0.1) is 35.6 Å². The summed E-state index contributed by atoms with van der Waals surface area (Å²) in [5.74, 6) is -0.484. The Morgan fingerprint density at radius 3 is 2.55 bits per heavy atom. The van der Waals surface area contributed by atoms with E-state index in [2.05, 4.69) is 0 Å². The van der Waals surface area contributed by atoms with Crippen LogP contribution in [0.15, 0.2) is 88.2 Å². The molecule has 0 spiro atoms. The highest BCUT2D eigenvalue weighted by molar-refractivity contribution is 7.07. The Hall–Kier alpha value is -4.01. The van der Waals surface area contributed by atoms with Crippen molar-refractivity contribution in [3.8, 4) is 5.75 Å². The Kier molecular flexibility index (Phi) is 7.26. The molecular formula is C29H22ClFN2O4S. The number of fused-ring (bicyclic) bond motifs is 1. The molecule has 0 radical (unpaired) electrons. The van der Waals surface area contributed by atoms with Crippen LogP contribution in [0.2, 0.25) is 5.02 Å². The zero-order chi connectivity index (χ0) is 26.8. The van der Waals surface area contributed by atoms with Gasteiger partial charge >= 0.3 is 5.97 Å². The zero-order valence-corrected chi connectivity index (χ0v) is 22.1. The summed E-state index contributed by atoms with van der Waals surface area (Å²) in [5, 5.41) is 0.491. The molecule has 6 nitrogen and oxygen atoms in total. The number of aromatic nitrogens is 1. The number of ether oxygens (including phenoxy) is 2. The number of nitrogens with zero attached hydrogens (tertiary/aromatic N) is 2. The van der Waals surface area contributed by atoms with Crippen molar-refractivity contribution in [2.24, 2.45) is 4.99 Å². The molecule has 0 aliphatic carbocycles. The van der Waals surface area contributed by atoms with Gasteiger partial charge in [-0.25, -0.2) is 14.2 Å². The number of thiazole rings is 1. The van der Waals surface area contributed by atoms with Crippen molar-refractivity contribution in [1.82, 2.24) is 4.57 Å². The molecular weight excluding hydrogens is 527 g/mol. The van der Waals surface area contributed by atoms with Gasteiger partial charge in [0.25, 0.3) is 5.56 Å². The van der Waals surface area contributed by atoms with Crippen molar-refractivity contribution < 1.29 is 18.7 Å². The second-order valence-electron chi connectivity index (χ2n) is 8.37. The number of esters is 1. The van der Waals surface area contributed by atoms with Crippen LogP contribution in [-0.2, 0) is 9.53 Å². The highest BCUT2D eigenvalue weighted by Crippen LogP contribution is 2.35. The first-order chi connectivity index (χ1) is 18.4. The molecule has 4 aromatic rings. The first-order valence-corrected chi connectivity index (χ1v) is 13.0. The van der Waals surface area contributed by atoms with E-state index < -0.39 is 17.8 Å². The zero-order valence-electron chi connectivity index (χ0n) is 20.5. The maximum absolute atomic E-state index is 13.9. The van der Waals surface area contributed by atoms with Crippen molar-refractivity contribution in [2.45, 2.75) is 13.0 Å². The molecule has 9 heteroatoms. The first-order valence-electron chi connectivity index (χ1n) is 11.8. The van der Waals surface area contributed by atoms with Crippen molar-refractivity contribution in [1.29, 1.82) is 0 Å². The van der Waals surface area contributed by atoms with Gasteiger partial charge in [0.2, 0.25) is 0 Å². The average molecular weight is 549 g/mol. The van der Waals surface area contributed by atoms with E-state index in [0.29, 0.717) is 42.5 Å². The van der Waals surface area contributed by atoms with Gasteiger partial charge in [-0.05, 0) is 48.9 Å². The van der Waals surface area contributed by atoms with E-state index in [1.54, 1.807) is 43.3 Å². The van der Waals surface area contributed by atoms with Gasteiger partial charge in [-0.1, -0.05) is 65.4 Å². The van der Waals surface area contributed by atoms with E-state index >= 15 is 0 Å². The molecule has 0 unspecified atom stereocenters. The van der Waals surface area contributed by atoms with Crippen LogP contribution in [0.3, 0.4) is 0 Å². The van der Waals surface area contributed by atoms with Crippen LogP contribution in [0.4, 0.5) is 4.39 Å². The molecule has 2 heterocycles. The van der Waals surface area contributed by atoms with Crippen LogP contribution in [-0.4, -0.2) is 24.3 Å². The number of halogens is 2. The summed E-state index contributed by atoms with van der Waals surface area (Å²) < 4.78 is 26.6. The first kappa shape index (κ1) is 25.6. The molecule has 1 atom stereocenters. The molecule has 0 bridgehead atoms. The Morgan fingerprint density at radius 2 is 1.87 bits per heavy atom. The fourth-order valence-electron chi connectivity index (χ4n) is 4.36. The quantitative estimate of drug-likeness (QED) is 0.326. The Labute approximate surface area is 226 Å². The lowest BCUT2D eigenvalue weighted by molar-refractivity contribution is -0.138. The molecule has 192 valence electrons. The molecule has 1 aromatic heterocycles. The van der Waals surface area contributed by atoms with Crippen molar-refractivity contribution in [3.05, 3.63) is 126 Å². The van der Waals surface area contributed by atoms with E-state index in [4.69, 9.17) is 26.1 Å². The topological polar surface area (TPSA) is 69.9 Å². The highest BCUT2D eigenvalue weighted by atomic mass is 35.5. The normalized spacial score (nSPS) is 15.2. The Bertz CT molecular complexity index is 1730. The fraction of sp³-hybridized carbons (Fsp3) is 0.138. The molecule has 0 N–H and O–H groups in total. The Morgan fingerprint density at radius 1 is 1.13 bits per heavy atom. The van der Waals surface area contributed by atoms with E-state index in [1.807, 2.05) is 30.3 Å². The third-order valence-corrected chi connectivity index (χ3v) is 7.26. The molecule has 5 rings (SSSR count). The van der Waals surface area contributed by atoms with Gasteiger partial charge in [-0.15, -0.1) is 0 Å². The second kappa shape index (κ2) is 10.8. The predicted molar refractivity (Wildman–Crippen MR) is 145 cm³/mol. The molecule has 38 heavy (non-hydrogen) atoms. The number of benzene rings is 3. The van der Waals surface area contributed by atoms with Crippen LogP contribution < -0.4 is 19.6 Å². The highest BCUT2D eigenvalue weighted by Gasteiger charge is 2.35. The maximum Gasteiger partial charge on any atom is 0.338 e. The van der Waals surface area contributed by atoms with Crippen LogP contribution in [0.25, 0.3) is 11.8 Å². The lowest BCUT2D eigenvalue weighted by Crippen LogP contribution is -2.40. The SMILES string of the molecule is CCOC(=O)C1=C(c2ccccc2)N=c2s/c(=C\c3cc(Cl)ccc3OC)c(=O)n2[C@H]1c1ccc(F)cc1. The number of hydrogen-bond donors (Lipinski definition) is 0. The number of hydrogen-bond acceptors (Lipinski definition) is 6. The summed E-state index contributed by atoms with van der Waals surface area (Å²) in [7, 11) is 1.54. The van der Waals surface area contributed by atoms with Crippen LogP contribution in [0, 0.1) is 5.82 Å². The van der Waals surface area contributed by atoms with E-state index in [0.717, 1.165) is 0 Å². The molecule has 1 aliphatic heterocycles. The molecule has 1 aliphatic rings. The lowest BCUT2D eigenvalue weighted by Gasteiger charge is -2.25. The van der Waals surface area contributed by atoms with Crippen molar-refractivity contribution >= 4 is 40.7 Å². The second-order valence-corrected chi connectivity index (χ2v) is 9.81. The number of rotatable bonds is 6. The van der Waals surface area contributed by atoms with Gasteiger partial charge in [0.15, 0.2) is 4.80 Å². The van der Waals surface area contributed by atoms with E-state index in [-0.39, 0.29) is 17.7 Å². The minimum Gasteiger partial charge on any atom is -0.496 e. The van der Waals surface area contributed by atoms with Gasteiger partial charge < -0.3 is 9.47 Å². The van der Waals surface area contributed by atoms with Crippen molar-refractivity contribution in [2.75, 3.05) is 13.7 Å². The lowest BCUT2D eigenvalue weighted by atomic mass is 9.93. The summed E-state index contributed by atoms with van der Waals surface area (Å²) in [5.41, 5.74) is 2.09. The smallest absolute Gasteiger partial charge is 0.338 e. The largest absolute Gasteiger partial charge is 0.496 e. The predicted octanol–water partition coefficient (Wildman–Crippen LogP) is 4.74. The molecule has 3 aromatic carbocycles. The monoisotopic (exact) mass is 548 g/mol. The van der Waals surface area contributed by atoms with Gasteiger partial charge in [0, 0.05) is 16.1 Å². The van der Waals surface area contributed by atoms with Gasteiger partial charge in [-0.3, -0.25) is 9.36 Å². The molecule has 0 fully saturated rings. The fourth-order valence-corrected chi connectivity index (χ4v) is 5.53. The van der Waals surface area contributed by atoms with E-state index in [9.17, 15) is 14.0 Å². The maximum atomic E-state index is 13.9. The molecule has 0 amide bonds. The van der Waals surface area contributed by atoms with E-state index in [1.165, 1.54) is 35.1 Å².